The summed E-state index contributed by atoms with van der Waals surface area (Å²) in [5, 5.41) is 11.2. The van der Waals surface area contributed by atoms with Gasteiger partial charge in [-0.05, 0) is 66.2 Å². The lowest BCUT2D eigenvalue weighted by Gasteiger charge is -2.09. The van der Waals surface area contributed by atoms with Crippen molar-refractivity contribution in [1.82, 2.24) is 4.98 Å². The van der Waals surface area contributed by atoms with Crippen molar-refractivity contribution in [3.63, 3.8) is 0 Å². The topological polar surface area (TPSA) is 45.9 Å². The van der Waals surface area contributed by atoms with Crippen molar-refractivity contribution in [2.75, 3.05) is 0 Å². The Hall–Kier alpha value is -3.13. The van der Waals surface area contributed by atoms with Crippen LogP contribution in [-0.4, -0.2) is 11.3 Å². The minimum atomic E-state index is -4.72. The van der Waals surface area contributed by atoms with Gasteiger partial charge in [0, 0.05) is 27.8 Å². The van der Waals surface area contributed by atoms with E-state index >= 15 is 0 Å². The molecule has 31 heavy (non-hydrogen) atoms. The zero-order valence-corrected chi connectivity index (χ0v) is 17.7. The second-order valence-corrected chi connectivity index (χ2v) is 7.51. The standard InChI is InChI=1S/C23H14ClF3N2OS/c1-2-16-11-18(22-21(24)12-20(13-29-22)31-14-28)8-7-17(16)6-3-15-4-9-19(10-5-15)30-23(25,26)27/h4-5,7-13H,2H2,1H3. The zero-order valence-electron chi connectivity index (χ0n) is 16.1. The molecule has 2 aromatic carbocycles. The molecular weight excluding hydrogens is 445 g/mol. The molecule has 0 atom stereocenters. The highest BCUT2D eigenvalue weighted by atomic mass is 35.5. The van der Waals surface area contributed by atoms with E-state index in [1.165, 1.54) is 24.3 Å². The first-order valence-corrected chi connectivity index (χ1v) is 10.2. The molecular formula is C23H14ClF3N2OS. The molecule has 1 heterocycles. The SMILES string of the molecule is CCc1cc(-c2ncc(SC#N)cc2Cl)ccc1C#Cc1ccc(OC(F)(F)F)cc1. The Balaban J connectivity index is 1.84. The largest absolute Gasteiger partial charge is 0.573 e. The van der Waals surface area contributed by atoms with Crippen molar-refractivity contribution in [2.45, 2.75) is 24.6 Å². The van der Waals surface area contributed by atoms with Crippen LogP contribution in [0.2, 0.25) is 5.02 Å². The third-order valence-corrected chi connectivity index (χ3v) is 5.01. The van der Waals surface area contributed by atoms with Crippen LogP contribution >= 0.6 is 23.4 Å². The molecule has 0 amide bonds. The van der Waals surface area contributed by atoms with E-state index < -0.39 is 6.36 Å². The normalized spacial score (nSPS) is 10.7. The molecule has 3 rings (SSSR count). The second kappa shape index (κ2) is 9.78. The average molecular weight is 459 g/mol. The Morgan fingerprint density at radius 1 is 1.10 bits per heavy atom. The predicted molar refractivity (Wildman–Crippen MR) is 115 cm³/mol. The fourth-order valence-corrected chi connectivity index (χ4v) is 3.50. The molecule has 0 saturated heterocycles. The van der Waals surface area contributed by atoms with Gasteiger partial charge in [-0.25, -0.2) is 0 Å². The molecule has 0 aliphatic carbocycles. The van der Waals surface area contributed by atoms with Crippen LogP contribution in [0.15, 0.2) is 59.6 Å². The number of pyridine rings is 1. The number of nitriles is 1. The molecule has 3 nitrogen and oxygen atoms in total. The van der Waals surface area contributed by atoms with Crippen molar-refractivity contribution < 1.29 is 17.9 Å². The van der Waals surface area contributed by atoms with Gasteiger partial charge in [-0.1, -0.05) is 36.4 Å². The molecule has 0 N–H and O–H groups in total. The van der Waals surface area contributed by atoms with Crippen LogP contribution in [0.5, 0.6) is 5.75 Å². The number of thioether (sulfide) groups is 1. The number of rotatable bonds is 4. The van der Waals surface area contributed by atoms with Gasteiger partial charge >= 0.3 is 6.36 Å². The second-order valence-electron chi connectivity index (χ2n) is 6.24. The van der Waals surface area contributed by atoms with E-state index in [9.17, 15) is 13.2 Å². The lowest BCUT2D eigenvalue weighted by Crippen LogP contribution is -2.16. The predicted octanol–water partition coefficient (Wildman–Crippen LogP) is 6.84. The Morgan fingerprint density at radius 3 is 2.45 bits per heavy atom. The minimum absolute atomic E-state index is 0.291. The summed E-state index contributed by atoms with van der Waals surface area (Å²) in [5.41, 5.74) is 3.79. The number of aryl methyl sites for hydroxylation is 1. The van der Waals surface area contributed by atoms with Gasteiger partial charge in [0.15, 0.2) is 0 Å². The monoisotopic (exact) mass is 458 g/mol. The van der Waals surface area contributed by atoms with Crippen LogP contribution in [0.1, 0.15) is 23.6 Å². The van der Waals surface area contributed by atoms with E-state index in [-0.39, 0.29) is 5.75 Å². The molecule has 0 bridgehead atoms. The number of thiocyanates is 1. The van der Waals surface area contributed by atoms with Crippen molar-refractivity contribution in [1.29, 1.82) is 5.26 Å². The van der Waals surface area contributed by atoms with Gasteiger partial charge in [0.1, 0.15) is 11.2 Å². The molecule has 0 fully saturated rings. The average Bonchev–Trinajstić information content (AvgIpc) is 2.72. The van der Waals surface area contributed by atoms with Crippen LogP contribution in [0.3, 0.4) is 0 Å². The summed E-state index contributed by atoms with van der Waals surface area (Å²) in [6, 6.07) is 12.8. The van der Waals surface area contributed by atoms with Crippen LogP contribution in [-0.2, 0) is 6.42 Å². The molecule has 8 heteroatoms. The first-order valence-electron chi connectivity index (χ1n) is 9.01. The van der Waals surface area contributed by atoms with Crippen LogP contribution < -0.4 is 4.74 Å². The number of aromatic nitrogens is 1. The fourth-order valence-electron chi connectivity index (χ4n) is 2.78. The molecule has 0 spiro atoms. The minimum Gasteiger partial charge on any atom is -0.406 e. The molecule has 1 aromatic heterocycles. The van der Waals surface area contributed by atoms with Crippen molar-refractivity contribution in [2.24, 2.45) is 0 Å². The highest BCUT2D eigenvalue weighted by Gasteiger charge is 2.30. The number of halogens is 4. The van der Waals surface area contributed by atoms with E-state index in [1.54, 1.807) is 12.3 Å². The van der Waals surface area contributed by atoms with Crippen LogP contribution in [0, 0.1) is 22.5 Å². The molecule has 0 aliphatic heterocycles. The lowest BCUT2D eigenvalue weighted by molar-refractivity contribution is -0.274. The molecule has 0 unspecified atom stereocenters. The van der Waals surface area contributed by atoms with E-state index in [4.69, 9.17) is 16.9 Å². The van der Waals surface area contributed by atoms with E-state index in [1.807, 2.05) is 30.5 Å². The summed E-state index contributed by atoms with van der Waals surface area (Å²) in [4.78, 5) is 5.04. The smallest absolute Gasteiger partial charge is 0.406 e. The third kappa shape index (κ3) is 6.18. The van der Waals surface area contributed by atoms with Gasteiger partial charge in [0.05, 0.1) is 10.7 Å². The van der Waals surface area contributed by atoms with Gasteiger partial charge < -0.3 is 4.74 Å². The maximum atomic E-state index is 12.3. The van der Waals surface area contributed by atoms with E-state index in [0.29, 0.717) is 21.2 Å². The Labute approximate surface area is 186 Å². The van der Waals surface area contributed by atoms with Gasteiger partial charge in [-0.2, -0.15) is 5.26 Å². The van der Waals surface area contributed by atoms with Gasteiger partial charge in [-0.15, -0.1) is 13.2 Å². The van der Waals surface area contributed by atoms with Crippen molar-refractivity contribution in [3.05, 3.63) is 76.4 Å². The van der Waals surface area contributed by atoms with Crippen LogP contribution in [0.4, 0.5) is 13.2 Å². The van der Waals surface area contributed by atoms with Crippen molar-refractivity contribution >= 4 is 23.4 Å². The summed E-state index contributed by atoms with van der Waals surface area (Å²) in [6.07, 6.45) is -2.41. The first-order chi connectivity index (χ1) is 14.8. The van der Waals surface area contributed by atoms with Gasteiger partial charge in [0.25, 0.3) is 0 Å². The molecule has 0 saturated carbocycles. The molecule has 0 radical (unpaired) electrons. The summed E-state index contributed by atoms with van der Waals surface area (Å²) in [6.45, 7) is 2.00. The maximum absolute atomic E-state index is 12.3. The maximum Gasteiger partial charge on any atom is 0.573 e. The third-order valence-electron chi connectivity index (χ3n) is 4.17. The lowest BCUT2D eigenvalue weighted by atomic mass is 10.00. The van der Waals surface area contributed by atoms with Crippen LogP contribution in [0.25, 0.3) is 11.3 Å². The van der Waals surface area contributed by atoms with E-state index in [2.05, 4.69) is 21.6 Å². The number of nitrogens with zero attached hydrogens (tertiary/aromatic N) is 2. The van der Waals surface area contributed by atoms with E-state index in [0.717, 1.165) is 34.9 Å². The number of hydrogen-bond acceptors (Lipinski definition) is 4. The summed E-state index contributed by atoms with van der Waals surface area (Å²) < 4.78 is 40.6. The molecule has 0 aliphatic rings. The highest BCUT2D eigenvalue weighted by Crippen LogP contribution is 2.30. The highest BCUT2D eigenvalue weighted by molar-refractivity contribution is 8.03. The number of alkyl halides is 3. The zero-order chi connectivity index (χ0) is 22.4. The molecule has 3 aromatic rings. The Bertz CT molecular complexity index is 1190. The summed E-state index contributed by atoms with van der Waals surface area (Å²) >= 11 is 7.32. The Kier molecular flexibility index (Phi) is 7.12. The number of benzene rings is 2. The molecule has 156 valence electrons. The summed E-state index contributed by atoms with van der Waals surface area (Å²) in [5.74, 6) is 5.73. The fraction of sp³-hybridized carbons (Fsp3) is 0.130. The first kappa shape index (κ1) is 22.6. The number of ether oxygens (including phenoxy) is 1. The quantitative estimate of drug-likeness (QED) is 0.244. The van der Waals surface area contributed by atoms with Gasteiger partial charge in [0.2, 0.25) is 0 Å². The van der Waals surface area contributed by atoms with Crippen molar-refractivity contribution in [3.8, 4) is 34.2 Å². The van der Waals surface area contributed by atoms with Gasteiger partial charge in [-0.3, -0.25) is 4.98 Å². The number of hydrogen-bond donors (Lipinski definition) is 0. The summed E-state index contributed by atoms with van der Waals surface area (Å²) in [7, 11) is 0. The Morgan fingerprint density at radius 2 is 1.84 bits per heavy atom.